The first kappa shape index (κ1) is 10.3. The fourth-order valence-corrected chi connectivity index (χ4v) is 3.50. The SMILES string of the molecule is NCC[C@]12CCCO[C@H]1c1ccccc1C2. The van der Waals surface area contributed by atoms with Crippen LogP contribution in [0.3, 0.4) is 0 Å². The molecule has 0 amide bonds. The molecule has 16 heavy (non-hydrogen) atoms. The molecule has 0 aromatic heterocycles. The van der Waals surface area contributed by atoms with Gasteiger partial charge in [0.2, 0.25) is 0 Å². The molecule has 1 fully saturated rings. The molecule has 2 atom stereocenters. The fraction of sp³-hybridized carbons (Fsp3) is 0.571. The van der Waals surface area contributed by atoms with E-state index >= 15 is 0 Å². The quantitative estimate of drug-likeness (QED) is 0.825. The Morgan fingerprint density at radius 2 is 2.25 bits per heavy atom. The number of hydrogen-bond acceptors (Lipinski definition) is 2. The first-order valence-corrected chi connectivity index (χ1v) is 6.25. The van der Waals surface area contributed by atoms with Crippen LogP contribution in [0.15, 0.2) is 24.3 Å². The zero-order chi connectivity index (χ0) is 11.0. The van der Waals surface area contributed by atoms with Crippen LogP contribution >= 0.6 is 0 Å². The average Bonchev–Trinajstić information content (AvgIpc) is 2.63. The molecule has 1 aromatic rings. The Hall–Kier alpha value is -0.860. The van der Waals surface area contributed by atoms with Gasteiger partial charge >= 0.3 is 0 Å². The van der Waals surface area contributed by atoms with Crippen LogP contribution in [0.1, 0.15) is 36.5 Å². The van der Waals surface area contributed by atoms with Crippen molar-refractivity contribution in [1.29, 1.82) is 0 Å². The monoisotopic (exact) mass is 217 g/mol. The van der Waals surface area contributed by atoms with Crippen molar-refractivity contribution in [3.63, 3.8) is 0 Å². The third-order valence-electron chi connectivity index (χ3n) is 4.18. The van der Waals surface area contributed by atoms with Gasteiger partial charge in [-0.1, -0.05) is 24.3 Å². The molecule has 2 heteroatoms. The lowest BCUT2D eigenvalue weighted by molar-refractivity contribution is -0.0792. The molecule has 86 valence electrons. The molecule has 2 nitrogen and oxygen atoms in total. The Labute approximate surface area is 96.8 Å². The molecular formula is C14H19NO. The van der Waals surface area contributed by atoms with Crippen LogP contribution in [-0.4, -0.2) is 13.2 Å². The molecule has 1 heterocycles. The van der Waals surface area contributed by atoms with E-state index in [-0.39, 0.29) is 0 Å². The highest BCUT2D eigenvalue weighted by atomic mass is 16.5. The molecule has 0 unspecified atom stereocenters. The average molecular weight is 217 g/mol. The summed E-state index contributed by atoms with van der Waals surface area (Å²) < 4.78 is 6.03. The van der Waals surface area contributed by atoms with Gasteiger partial charge in [0, 0.05) is 12.0 Å². The van der Waals surface area contributed by atoms with Gasteiger partial charge < -0.3 is 10.5 Å². The molecule has 0 saturated carbocycles. The second-order valence-electron chi connectivity index (χ2n) is 5.13. The Morgan fingerprint density at radius 3 is 3.12 bits per heavy atom. The van der Waals surface area contributed by atoms with Crippen molar-refractivity contribution in [2.75, 3.05) is 13.2 Å². The highest BCUT2D eigenvalue weighted by molar-refractivity contribution is 5.37. The van der Waals surface area contributed by atoms with Crippen LogP contribution in [0.4, 0.5) is 0 Å². The van der Waals surface area contributed by atoms with Crippen molar-refractivity contribution in [3.8, 4) is 0 Å². The summed E-state index contributed by atoms with van der Waals surface area (Å²) in [5.41, 5.74) is 8.98. The number of hydrogen-bond donors (Lipinski definition) is 1. The summed E-state index contributed by atoms with van der Waals surface area (Å²) in [5.74, 6) is 0. The minimum Gasteiger partial charge on any atom is -0.373 e. The van der Waals surface area contributed by atoms with Gasteiger partial charge in [0.1, 0.15) is 0 Å². The minimum absolute atomic E-state index is 0.302. The number of rotatable bonds is 2. The van der Waals surface area contributed by atoms with Crippen LogP contribution in [0.25, 0.3) is 0 Å². The van der Waals surface area contributed by atoms with Gasteiger partial charge in [-0.3, -0.25) is 0 Å². The van der Waals surface area contributed by atoms with Crippen LogP contribution in [0, 0.1) is 5.41 Å². The summed E-state index contributed by atoms with van der Waals surface area (Å²) >= 11 is 0. The van der Waals surface area contributed by atoms with E-state index in [1.807, 2.05) is 0 Å². The van der Waals surface area contributed by atoms with Crippen molar-refractivity contribution < 1.29 is 4.74 Å². The molecule has 0 spiro atoms. The van der Waals surface area contributed by atoms with E-state index in [4.69, 9.17) is 10.5 Å². The molecular weight excluding hydrogens is 198 g/mol. The predicted molar refractivity (Wildman–Crippen MR) is 64.2 cm³/mol. The van der Waals surface area contributed by atoms with E-state index in [9.17, 15) is 0 Å². The van der Waals surface area contributed by atoms with Crippen molar-refractivity contribution in [3.05, 3.63) is 35.4 Å². The maximum atomic E-state index is 6.03. The largest absolute Gasteiger partial charge is 0.373 e. The molecule has 1 aliphatic heterocycles. The van der Waals surface area contributed by atoms with Gasteiger partial charge in [0.15, 0.2) is 0 Å². The molecule has 1 aromatic carbocycles. The summed E-state index contributed by atoms with van der Waals surface area (Å²) in [7, 11) is 0. The zero-order valence-electron chi connectivity index (χ0n) is 9.61. The van der Waals surface area contributed by atoms with Crippen LogP contribution in [-0.2, 0) is 11.2 Å². The Balaban J connectivity index is 2.00. The van der Waals surface area contributed by atoms with Crippen LogP contribution in [0.2, 0.25) is 0 Å². The van der Waals surface area contributed by atoms with Gasteiger partial charge in [-0.25, -0.2) is 0 Å². The van der Waals surface area contributed by atoms with Crippen molar-refractivity contribution in [2.45, 2.75) is 31.8 Å². The van der Waals surface area contributed by atoms with Gasteiger partial charge in [-0.05, 0) is 43.4 Å². The van der Waals surface area contributed by atoms with Crippen molar-refractivity contribution >= 4 is 0 Å². The van der Waals surface area contributed by atoms with E-state index in [2.05, 4.69) is 24.3 Å². The van der Waals surface area contributed by atoms with Crippen LogP contribution < -0.4 is 5.73 Å². The lowest BCUT2D eigenvalue weighted by Gasteiger charge is -2.39. The van der Waals surface area contributed by atoms with E-state index in [1.54, 1.807) is 0 Å². The van der Waals surface area contributed by atoms with Crippen LogP contribution in [0.5, 0.6) is 0 Å². The Kier molecular flexibility index (Phi) is 2.49. The first-order valence-electron chi connectivity index (χ1n) is 6.25. The zero-order valence-corrected chi connectivity index (χ0v) is 9.61. The van der Waals surface area contributed by atoms with E-state index < -0.39 is 0 Å². The third-order valence-corrected chi connectivity index (χ3v) is 4.18. The first-order chi connectivity index (χ1) is 7.86. The van der Waals surface area contributed by atoms with Gasteiger partial charge in [0.25, 0.3) is 0 Å². The Bertz CT molecular complexity index is 386. The van der Waals surface area contributed by atoms with E-state index in [0.29, 0.717) is 11.5 Å². The van der Waals surface area contributed by atoms with Gasteiger partial charge in [-0.15, -0.1) is 0 Å². The topological polar surface area (TPSA) is 35.2 Å². The second-order valence-corrected chi connectivity index (χ2v) is 5.13. The van der Waals surface area contributed by atoms with Gasteiger partial charge in [-0.2, -0.15) is 0 Å². The maximum absolute atomic E-state index is 6.03. The molecule has 0 radical (unpaired) electrons. The number of benzene rings is 1. The molecule has 1 aliphatic carbocycles. The lowest BCUT2D eigenvalue weighted by Crippen LogP contribution is -2.34. The fourth-order valence-electron chi connectivity index (χ4n) is 3.50. The number of nitrogens with two attached hydrogens (primary N) is 1. The highest BCUT2D eigenvalue weighted by Gasteiger charge is 2.47. The van der Waals surface area contributed by atoms with E-state index in [0.717, 1.165) is 26.0 Å². The summed E-state index contributed by atoms with van der Waals surface area (Å²) in [6, 6.07) is 8.72. The number of fused-ring (bicyclic) bond motifs is 3. The van der Waals surface area contributed by atoms with Crippen molar-refractivity contribution in [2.24, 2.45) is 11.1 Å². The van der Waals surface area contributed by atoms with E-state index in [1.165, 1.54) is 24.0 Å². The molecule has 0 bridgehead atoms. The summed E-state index contributed by atoms with van der Waals surface area (Å²) in [4.78, 5) is 0. The molecule has 2 N–H and O–H groups in total. The normalized spacial score (nSPS) is 32.2. The smallest absolute Gasteiger partial charge is 0.0887 e. The minimum atomic E-state index is 0.302. The Morgan fingerprint density at radius 1 is 1.38 bits per heavy atom. The van der Waals surface area contributed by atoms with Gasteiger partial charge in [0.05, 0.1) is 6.10 Å². The number of ether oxygens (including phenoxy) is 1. The molecule has 1 saturated heterocycles. The highest BCUT2D eigenvalue weighted by Crippen LogP contribution is 2.54. The summed E-state index contributed by atoms with van der Waals surface area (Å²) in [6.07, 6.45) is 5.01. The summed E-state index contributed by atoms with van der Waals surface area (Å²) in [5, 5.41) is 0. The lowest BCUT2D eigenvalue weighted by atomic mass is 9.74. The standard InChI is InChI=1S/C14H19NO/c15-8-7-14-6-3-9-16-13(14)12-5-2-1-4-11(12)10-14/h1-2,4-5,13H,3,6-10,15H2/t13-,14-/m0/s1. The summed E-state index contributed by atoms with van der Waals surface area (Å²) in [6.45, 7) is 1.68. The predicted octanol–water partition coefficient (Wildman–Crippen LogP) is 2.43. The second kappa shape index (κ2) is 3.86. The molecule has 3 rings (SSSR count). The third kappa shape index (κ3) is 1.40. The maximum Gasteiger partial charge on any atom is 0.0887 e. The molecule has 2 aliphatic rings. The van der Waals surface area contributed by atoms with Crippen molar-refractivity contribution in [1.82, 2.24) is 0 Å².